The first-order valence-electron chi connectivity index (χ1n) is 7.47. The number of rotatable bonds is 5. The molecule has 1 aromatic heterocycles. The Morgan fingerprint density at radius 2 is 2.10 bits per heavy atom. The second-order valence-electron chi connectivity index (χ2n) is 6.49. The topological polar surface area (TPSA) is 74.8 Å². The first-order chi connectivity index (χ1) is 9.50. The van der Waals surface area contributed by atoms with E-state index in [9.17, 15) is 4.79 Å². The summed E-state index contributed by atoms with van der Waals surface area (Å²) in [6, 6.07) is 0. The van der Waals surface area contributed by atoms with E-state index >= 15 is 0 Å². The molecule has 1 heterocycles. The molecule has 1 saturated carbocycles. The van der Waals surface area contributed by atoms with Crippen LogP contribution in [-0.2, 0) is 4.79 Å². The Labute approximate surface area is 120 Å². The van der Waals surface area contributed by atoms with E-state index in [0.717, 1.165) is 0 Å². The van der Waals surface area contributed by atoms with Gasteiger partial charge in [0, 0.05) is 25.9 Å². The molecule has 1 aliphatic carbocycles. The number of nitrogens with zero attached hydrogens (tertiary/aromatic N) is 4. The number of amides is 1. The molecule has 6 heteroatoms. The quantitative estimate of drug-likeness (QED) is 0.896. The van der Waals surface area contributed by atoms with Crippen molar-refractivity contribution >= 4 is 5.91 Å². The third-order valence-electron chi connectivity index (χ3n) is 4.41. The van der Waals surface area contributed by atoms with E-state index in [4.69, 9.17) is 0 Å². The Morgan fingerprint density at radius 3 is 2.70 bits per heavy atom. The SMILES string of the molecule is C[C@@H](CN(C)C(=O)CC1(C)CCCCC1)c1nn[nH]n1. The molecule has 6 nitrogen and oxygen atoms in total. The number of hydrogen-bond acceptors (Lipinski definition) is 4. The van der Waals surface area contributed by atoms with Gasteiger partial charge in [0.2, 0.25) is 5.91 Å². The second kappa shape index (κ2) is 6.33. The molecule has 0 radical (unpaired) electrons. The van der Waals surface area contributed by atoms with Crippen molar-refractivity contribution < 1.29 is 4.79 Å². The molecular weight excluding hydrogens is 254 g/mol. The number of nitrogens with one attached hydrogen (secondary N) is 1. The van der Waals surface area contributed by atoms with Crippen LogP contribution in [0.3, 0.4) is 0 Å². The van der Waals surface area contributed by atoms with Gasteiger partial charge in [-0.25, -0.2) is 0 Å². The van der Waals surface area contributed by atoms with Crippen LogP contribution in [0.1, 0.15) is 64.1 Å². The third kappa shape index (κ3) is 3.77. The molecule has 1 N–H and O–H groups in total. The fraction of sp³-hybridized carbons (Fsp3) is 0.857. The smallest absolute Gasteiger partial charge is 0.222 e. The molecule has 20 heavy (non-hydrogen) atoms. The van der Waals surface area contributed by atoms with Crippen molar-refractivity contribution in [3.05, 3.63) is 5.82 Å². The van der Waals surface area contributed by atoms with Crippen LogP contribution in [0.5, 0.6) is 0 Å². The number of hydrogen-bond donors (Lipinski definition) is 1. The van der Waals surface area contributed by atoms with E-state index in [1.54, 1.807) is 4.90 Å². The van der Waals surface area contributed by atoms with E-state index in [1.165, 1.54) is 32.1 Å². The summed E-state index contributed by atoms with van der Waals surface area (Å²) in [5, 5.41) is 14.0. The third-order valence-corrected chi connectivity index (χ3v) is 4.41. The fourth-order valence-electron chi connectivity index (χ4n) is 3.05. The maximum absolute atomic E-state index is 12.4. The van der Waals surface area contributed by atoms with Crippen LogP contribution < -0.4 is 0 Å². The standard InChI is InChI=1S/C14H25N5O/c1-11(13-15-17-18-16-13)10-19(3)12(20)9-14(2)7-5-4-6-8-14/h11H,4-10H2,1-3H3,(H,15,16,17,18)/t11-/m0/s1. The van der Waals surface area contributed by atoms with Gasteiger partial charge in [0.1, 0.15) is 0 Å². The van der Waals surface area contributed by atoms with Gasteiger partial charge >= 0.3 is 0 Å². The van der Waals surface area contributed by atoms with Gasteiger partial charge in [0.05, 0.1) is 0 Å². The summed E-state index contributed by atoms with van der Waals surface area (Å²) in [5.41, 5.74) is 0.193. The van der Waals surface area contributed by atoms with Crippen molar-refractivity contribution in [2.75, 3.05) is 13.6 Å². The molecule has 1 fully saturated rings. The first kappa shape index (κ1) is 14.9. The Hall–Kier alpha value is -1.46. The molecule has 1 aliphatic rings. The van der Waals surface area contributed by atoms with Crippen molar-refractivity contribution in [3.8, 4) is 0 Å². The number of tetrazole rings is 1. The van der Waals surface area contributed by atoms with Crippen molar-refractivity contribution in [1.82, 2.24) is 25.5 Å². The average Bonchev–Trinajstić information content (AvgIpc) is 2.92. The molecule has 0 bridgehead atoms. The number of carbonyl (C=O) groups is 1. The monoisotopic (exact) mass is 279 g/mol. The first-order valence-corrected chi connectivity index (χ1v) is 7.47. The predicted octanol–water partition coefficient (Wildman–Crippen LogP) is 2.12. The van der Waals surface area contributed by atoms with E-state index in [2.05, 4.69) is 27.5 Å². The molecular formula is C14H25N5O. The van der Waals surface area contributed by atoms with Crippen molar-refractivity contribution in [3.63, 3.8) is 0 Å². The number of carbonyl (C=O) groups excluding carboxylic acids is 1. The molecule has 1 atom stereocenters. The van der Waals surface area contributed by atoms with Crippen LogP contribution in [0.2, 0.25) is 0 Å². The van der Waals surface area contributed by atoms with Crippen molar-refractivity contribution in [1.29, 1.82) is 0 Å². The summed E-state index contributed by atoms with van der Waals surface area (Å²) in [6.45, 7) is 4.89. The highest BCUT2D eigenvalue weighted by Gasteiger charge is 2.30. The Morgan fingerprint density at radius 1 is 1.40 bits per heavy atom. The van der Waals surface area contributed by atoms with E-state index in [1.807, 2.05) is 14.0 Å². The van der Waals surface area contributed by atoms with Crippen molar-refractivity contribution in [2.45, 2.75) is 58.3 Å². The maximum atomic E-state index is 12.4. The zero-order valence-electron chi connectivity index (χ0n) is 12.7. The Kier molecular flexibility index (Phi) is 4.73. The van der Waals surface area contributed by atoms with Crippen LogP contribution in [0.15, 0.2) is 0 Å². The van der Waals surface area contributed by atoms with Gasteiger partial charge in [-0.2, -0.15) is 5.21 Å². The van der Waals surface area contributed by atoms with Crippen LogP contribution in [0.25, 0.3) is 0 Å². The van der Waals surface area contributed by atoms with Gasteiger partial charge < -0.3 is 4.90 Å². The summed E-state index contributed by atoms with van der Waals surface area (Å²) < 4.78 is 0. The largest absolute Gasteiger partial charge is 0.345 e. The zero-order valence-corrected chi connectivity index (χ0v) is 12.7. The summed E-state index contributed by atoms with van der Waals surface area (Å²) in [4.78, 5) is 14.2. The fourth-order valence-corrected chi connectivity index (χ4v) is 3.05. The van der Waals surface area contributed by atoms with Gasteiger partial charge in [0.15, 0.2) is 5.82 Å². The van der Waals surface area contributed by atoms with Gasteiger partial charge in [0.25, 0.3) is 0 Å². The lowest BCUT2D eigenvalue weighted by atomic mass is 9.73. The van der Waals surface area contributed by atoms with Gasteiger partial charge in [-0.3, -0.25) is 4.79 Å². The summed E-state index contributed by atoms with van der Waals surface area (Å²) >= 11 is 0. The lowest BCUT2D eigenvalue weighted by Crippen LogP contribution is -2.35. The second-order valence-corrected chi connectivity index (χ2v) is 6.49. The molecule has 0 aromatic carbocycles. The molecule has 0 saturated heterocycles. The van der Waals surface area contributed by atoms with Crippen LogP contribution in [-0.4, -0.2) is 45.0 Å². The highest BCUT2D eigenvalue weighted by Crippen LogP contribution is 2.39. The molecule has 0 unspecified atom stereocenters. The van der Waals surface area contributed by atoms with Crippen LogP contribution in [0.4, 0.5) is 0 Å². The summed E-state index contributed by atoms with van der Waals surface area (Å²) in [7, 11) is 1.87. The average molecular weight is 279 g/mol. The number of aromatic nitrogens is 4. The van der Waals surface area contributed by atoms with E-state index < -0.39 is 0 Å². The molecule has 2 rings (SSSR count). The molecule has 0 spiro atoms. The normalized spacial score (nSPS) is 19.6. The molecule has 0 aliphatic heterocycles. The Bertz CT molecular complexity index is 425. The highest BCUT2D eigenvalue weighted by atomic mass is 16.2. The maximum Gasteiger partial charge on any atom is 0.222 e. The minimum absolute atomic E-state index is 0.0989. The molecule has 112 valence electrons. The van der Waals surface area contributed by atoms with Crippen LogP contribution in [0, 0.1) is 5.41 Å². The molecule has 1 amide bonds. The van der Waals surface area contributed by atoms with Gasteiger partial charge in [-0.05, 0) is 18.3 Å². The van der Waals surface area contributed by atoms with Gasteiger partial charge in [-0.1, -0.05) is 38.3 Å². The summed E-state index contributed by atoms with van der Waals surface area (Å²) in [6.07, 6.45) is 6.83. The van der Waals surface area contributed by atoms with Crippen LogP contribution >= 0.6 is 0 Å². The minimum atomic E-state index is 0.0989. The molecule has 1 aromatic rings. The number of H-pyrrole nitrogens is 1. The number of likely N-dealkylation sites (N-methyl/N-ethyl adjacent to an activating group) is 1. The lowest BCUT2D eigenvalue weighted by Gasteiger charge is -2.34. The highest BCUT2D eigenvalue weighted by molar-refractivity contribution is 5.76. The summed E-state index contributed by atoms with van der Waals surface area (Å²) in [5.74, 6) is 0.986. The number of aromatic amines is 1. The minimum Gasteiger partial charge on any atom is -0.345 e. The lowest BCUT2D eigenvalue weighted by molar-refractivity contribution is -0.132. The predicted molar refractivity (Wildman–Crippen MR) is 76.0 cm³/mol. The Balaban J connectivity index is 1.85. The van der Waals surface area contributed by atoms with E-state index in [-0.39, 0.29) is 17.2 Å². The van der Waals surface area contributed by atoms with Crippen molar-refractivity contribution in [2.24, 2.45) is 5.41 Å². The van der Waals surface area contributed by atoms with Gasteiger partial charge in [-0.15, -0.1) is 10.2 Å². The van der Waals surface area contributed by atoms with E-state index in [0.29, 0.717) is 18.8 Å². The zero-order chi connectivity index (χ0) is 14.6.